The zero-order valence-electron chi connectivity index (χ0n) is 19.2. The molecule has 170 valence electrons. The monoisotopic (exact) mass is 434 g/mol. The van der Waals surface area contributed by atoms with Crippen LogP contribution in [0.1, 0.15) is 69.8 Å². The Kier molecular flexibility index (Phi) is 7.29. The molecular weight excluding hydrogens is 400 g/mol. The summed E-state index contributed by atoms with van der Waals surface area (Å²) in [5.41, 5.74) is 3.75. The van der Waals surface area contributed by atoms with Crippen molar-refractivity contribution in [3.05, 3.63) is 54.1 Å². The Labute approximate surface area is 191 Å². The maximum Gasteiger partial charge on any atom is 0.314 e. The fourth-order valence-corrected chi connectivity index (χ4v) is 5.19. The van der Waals surface area contributed by atoms with Crippen molar-refractivity contribution in [3.63, 3.8) is 0 Å². The van der Waals surface area contributed by atoms with Crippen molar-refractivity contribution in [2.45, 2.75) is 64.2 Å². The molecule has 2 saturated carbocycles. The van der Waals surface area contributed by atoms with E-state index in [0.29, 0.717) is 37.4 Å². The van der Waals surface area contributed by atoms with Crippen LogP contribution in [0.5, 0.6) is 5.75 Å². The van der Waals surface area contributed by atoms with E-state index in [1.165, 1.54) is 43.9 Å². The van der Waals surface area contributed by atoms with Gasteiger partial charge in [-0.15, -0.1) is 0 Å². The van der Waals surface area contributed by atoms with Gasteiger partial charge in [-0.25, -0.2) is 0 Å². The minimum absolute atomic E-state index is 0.0867. The van der Waals surface area contributed by atoms with Crippen LogP contribution in [0.3, 0.4) is 0 Å². The van der Waals surface area contributed by atoms with Crippen LogP contribution < -0.4 is 4.74 Å². The molecule has 0 aromatic heterocycles. The van der Waals surface area contributed by atoms with E-state index in [0.717, 1.165) is 11.5 Å². The lowest BCUT2D eigenvalue weighted by Crippen LogP contribution is -2.29. The topological polar surface area (TPSA) is 52.6 Å². The third kappa shape index (κ3) is 5.40. The molecule has 2 fully saturated rings. The van der Waals surface area contributed by atoms with Gasteiger partial charge in [-0.3, -0.25) is 9.59 Å². The molecule has 0 radical (unpaired) electrons. The number of methoxy groups -OCH3 is 1. The van der Waals surface area contributed by atoms with Crippen molar-refractivity contribution in [3.8, 4) is 16.9 Å². The average molecular weight is 435 g/mol. The van der Waals surface area contributed by atoms with Gasteiger partial charge in [0.1, 0.15) is 5.75 Å². The van der Waals surface area contributed by atoms with E-state index in [9.17, 15) is 9.59 Å². The van der Waals surface area contributed by atoms with Gasteiger partial charge in [0.05, 0.1) is 18.9 Å². The van der Waals surface area contributed by atoms with Crippen LogP contribution >= 0.6 is 0 Å². The van der Waals surface area contributed by atoms with Crippen molar-refractivity contribution < 1.29 is 19.1 Å². The Balaban J connectivity index is 1.31. The predicted molar refractivity (Wildman–Crippen MR) is 125 cm³/mol. The molecule has 0 aliphatic heterocycles. The van der Waals surface area contributed by atoms with Crippen molar-refractivity contribution >= 4 is 11.9 Å². The molecule has 4 heteroatoms. The third-order valence-corrected chi connectivity index (χ3v) is 7.40. The number of esters is 2. The Hall–Kier alpha value is -2.62. The van der Waals surface area contributed by atoms with Gasteiger partial charge < -0.3 is 9.47 Å². The highest BCUT2D eigenvalue weighted by Crippen LogP contribution is 2.36. The first-order valence-corrected chi connectivity index (χ1v) is 12.0. The lowest BCUT2D eigenvalue weighted by Gasteiger charge is -2.26. The fraction of sp³-hybridized carbons (Fsp3) is 0.500. The molecule has 4 nitrogen and oxygen atoms in total. The summed E-state index contributed by atoms with van der Waals surface area (Å²) < 4.78 is 10.4. The van der Waals surface area contributed by atoms with Gasteiger partial charge in [-0.2, -0.15) is 0 Å². The number of carbonyl (C=O) groups excluding carboxylic acids is 2. The van der Waals surface area contributed by atoms with Gasteiger partial charge in [0, 0.05) is 0 Å². The molecule has 0 saturated heterocycles. The highest BCUT2D eigenvalue weighted by atomic mass is 16.5. The van der Waals surface area contributed by atoms with Crippen LogP contribution in [0, 0.1) is 17.8 Å². The lowest BCUT2D eigenvalue weighted by molar-refractivity contribution is -0.149. The first-order chi connectivity index (χ1) is 15.5. The second-order valence-corrected chi connectivity index (χ2v) is 9.60. The molecule has 0 atom stereocenters. The largest absolute Gasteiger partial charge is 0.469 e. The van der Waals surface area contributed by atoms with Crippen LogP contribution in [-0.2, 0) is 14.3 Å². The molecule has 2 aliphatic rings. The van der Waals surface area contributed by atoms with Crippen molar-refractivity contribution in [2.24, 2.45) is 17.8 Å². The summed E-state index contributed by atoms with van der Waals surface area (Å²) in [7, 11) is 1.41. The van der Waals surface area contributed by atoms with Crippen LogP contribution in [0.4, 0.5) is 0 Å². The predicted octanol–water partition coefficient (Wildman–Crippen LogP) is 6.53. The van der Waals surface area contributed by atoms with E-state index in [2.05, 4.69) is 31.2 Å². The molecule has 0 bridgehead atoms. The Morgan fingerprint density at radius 1 is 0.688 bits per heavy atom. The van der Waals surface area contributed by atoms with E-state index in [-0.39, 0.29) is 23.8 Å². The van der Waals surface area contributed by atoms with Gasteiger partial charge in [-0.1, -0.05) is 56.2 Å². The zero-order chi connectivity index (χ0) is 22.5. The molecular formula is C28H34O4. The molecule has 0 spiro atoms. The van der Waals surface area contributed by atoms with Crippen molar-refractivity contribution in [2.75, 3.05) is 7.11 Å². The molecule has 4 rings (SSSR count). The normalized spacial score (nSPS) is 25.7. The third-order valence-electron chi connectivity index (χ3n) is 7.40. The second kappa shape index (κ2) is 10.3. The molecule has 32 heavy (non-hydrogen) atoms. The fourth-order valence-electron chi connectivity index (χ4n) is 5.19. The maximum atomic E-state index is 12.5. The molecule has 2 aliphatic carbocycles. The number of hydrogen-bond acceptors (Lipinski definition) is 4. The van der Waals surface area contributed by atoms with E-state index in [1.807, 2.05) is 24.3 Å². The van der Waals surface area contributed by atoms with Gasteiger partial charge >= 0.3 is 11.9 Å². The number of carbonyl (C=O) groups is 2. The van der Waals surface area contributed by atoms with Gasteiger partial charge in [-0.05, 0) is 79.2 Å². The number of rotatable bonds is 5. The SMILES string of the molecule is COC(=O)C1CCC(C(=O)Oc2ccc(-c3ccc(C4CCC(C)CC4)cc3)cc2)CC1. The summed E-state index contributed by atoms with van der Waals surface area (Å²) in [5.74, 6) is 1.53. The van der Waals surface area contributed by atoms with Crippen LogP contribution in [-0.4, -0.2) is 19.0 Å². The molecule has 2 aromatic carbocycles. The number of benzene rings is 2. The molecule has 0 N–H and O–H groups in total. The van der Waals surface area contributed by atoms with Crippen LogP contribution in [0.15, 0.2) is 48.5 Å². The summed E-state index contributed by atoms with van der Waals surface area (Å²) in [6.07, 6.45) is 7.96. The molecule has 2 aromatic rings. The maximum absolute atomic E-state index is 12.5. The summed E-state index contributed by atoms with van der Waals surface area (Å²) >= 11 is 0. The lowest BCUT2D eigenvalue weighted by atomic mass is 9.79. The van der Waals surface area contributed by atoms with E-state index in [1.54, 1.807) is 0 Å². The Morgan fingerprint density at radius 2 is 1.19 bits per heavy atom. The minimum atomic E-state index is -0.202. The highest BCUT2D eigenvalue weighted by molar-refractivity contribution is 5.77. The van der Waals surface area contributed by atoms with Crippen LogP contribution in [0.2, 0.25) is 0 Å². The van der Waals surface area contributed by atoms with E-state index < -0.39 is 0 Å². The van der Waals surface area contributed by atoms with E-state index >= 15 is 0 Å². The van der Waals surface area contributed by atoms with E-state index in [4.69, 9.17) is 9.47 Å². The first kappa shape index (κ1) is 22.6. The summed E-state index contributed by atoms with van der Waals surface area (Å²) in [5, 5.41) is 0. The first-order valence-electron chi connectivity index (χ1n) is 12.0. The molecule has 0 heterocycles. The second-order valence-electron chi connectivity index (χ2n) is 9.60. The quantitative estimate of drug-likeness (QED) is 0.396. The van der Waals surface area contributed by atoms with Gasteiger partial charge in [0.2, 0.25) is 0 Å². The molecule has 0 amide bonds. The summed E-state index contributed by atoms with van der Waals surface area (Å²) in [6, 6.07) is 16.7. The van der Waals surface area contributed by atoms with Gasteiger partial charge in [0.25, 0.3) is 0 Å². The van der Waals surface area contributed by atoms with Crippen LogP contribution in [0.25, 0.3) is 11.1 Å². The minimum Gasteiger partial charge on any atom is -0.469 e. The zero-order valence-corrected chi connectivity index (χ0v) is 19.2. The Morgan fingerprint density at radius 3 is 1.72 bits per heavy atom. The summed E-state index contributed by atoms with van der Waals surface area (Å²) in [4.78, 5) is 24.2. The standard InChI is InChI=1S/C28H34O4/c1-19-3-5-20(6-4-19)21-7-9-22(10-8-21)23-15-17-26(18-16-23)32-28(30)25-13-11-24(12-14-25)27(29)31-2/h7-10,15-20,24-25H,3-6,11-14H2,1-2H3. The van der Waals surface area contributed by atoms with Crippen molar-refractivity contribution in [1.29, 1.82) is 0 Å². The summed E-state index contributed by atoms with van der Waals surface area (Å²) in [6.45, 7) is 2.36. The molecule has 0 unspecified atom stereocenters. The Bertz CT molecular complexity index is 899. The van der Waals surface area contributed by atoms with Crippen molar-refractivity contribution in [1.82, 2.24) is 0 Å². The van der Waals surface area contributed by atoms with Gasteiger partial charge in [0.15, 0.2) is 0 Å². The average Bonchev–Trinajstić information content (AvgIpc) is 2.85. The number of hydrogen-bond donors (Lipinski definition) is 0. The smallest absolute Gasteiger partial charge is 0.314 e. The number of ether oxygens (including phenoxy) is 2. The highest BCUT2D eigenvalue weighted by Gasteiger charge is 2.31.